The number of nitrogens with one attached hydrogen (secondary N) is 1. The van der Waals surface area contributed by atoms with Crippen LogP contribution in [0.3, 0.4) is 0 Å². The van der Waals surface area contributed by atoms with Crippen LogP contribution in [-0.4, -0.2) is 24.5 Å². The third kappa shape index (κ3) is 4.76. The second-order valence-electron chi connectivity index (χ2n) is 9.26. The Morgan fingerprint density at radius 3 is 2.35 bits per heavy atom. The average molecular weight is 477 g/mol. The maximum Gasteiger partial charge on any atom is 0.416 e. The highest BCUT2D eigenvalue weighted by atomic mass is 19.4. The Labute approximate surface area is 198 Å². The van der Waals surface area contributed by atoms with E-state index in [1.54, 1.807) is 25.7 Å². The van der Waals surface area contributed by atoms with Crippen LogP contribution in [0.15, 0.2) is 36.4 Å². The molecule has 1 aliphatic heterocycles. The number of carbonyl (C=O) groups is 2. The van der Waals surface area contributed by atoms with E-state index in [0.29, 0.717) is 6.42 Å². The summed E-state index contributed by atoms with van der Waals surface area (Å²) in [5.41, 5.74) is 0.573. The second kappa shape index (κ2) is 9.31. The molecule has 0 aromatic heterocycles. The van der Waals surface area contributed by atoms with Crippen molar-refractivity contribution >= 4 is 23.2 Å². The van der Waals surface area contributed by atoms with Crippen molar-refractivity contribution in [1.82, 2.24) is 0 Å². The highest BCUT2D eigenvalue weighted by molar-refractivity contribution is 6.07. The van der Waals surface area contributed by atoms with Gasteiger partial charge in [-0.3, -0.25) is 9.59 Å². The van der Waals surface area contributed by atoms with Crippen molar-refractivity contribution in [2.45, 2.75) is 60.2 Å². The Morgan fingerprint density at radius 2 is 1.82 bits per heavy atom. The molecule has 0 spiro atoms. The van der Waals surface area contributed by atoms with Crippen LogP contribution in [0.5, 0.6) is 5.75 Å². The van der Waals surface area contributed by atoms with Gasteiger partial charge in [-0.05, 0) is 57.4 Å². The zero-order valence-electron chi connectivity index (χ0n) is 20.3. The molecule has 1 fully saturated rings. The van der Waals surface area contributed by atoms with Crippen LogP contribution < -0.4 is 15.0 Å². The number of carbonyl (C=O) groups excluding carboxylic acids is 2. The third-order valence-corrected chi connectivity index (χ3v) is 6.56. The molecule has 8 heteroatoms. The van der Waals surface area contributed by atoms with Gasteiger partial charge in [0.05, 0.1) is 23.0 Å². The number of ether oxygens (including phenoxy) is 1. The molecule has 1 N–H and O–H groups in total. The lowest BCUT2D eigenvalue weighted by molar-refractivity contribution is -0.137. The molecule has 3 rings (SSSR count). The van der Waals surface area contributed by atoms with Crippen molar-refractivity contribution in [2.24, 2.45) is 11.3 Å². The normalized spacial score (nSPS) is 20.7. The molecule has 1 heterocycles. The number of hydrogen-bond donors (Lipinski definition) is 1. The van der Waals surface area contributed by atoms with Crippen LogP contribution in [0.4, 0.5) is 24.5 Å². The molecule has 184 valence electrons. The molecule has 2 amide bonds. The third-order valence-electron chi connectivity index (χ3n) is 6.56. The van der Waals surface area contributed by atoms with E-state index in [1.165, 1.54) is 6.07 Å². The predicted molar refractivity (Wildman–Crippen MR) is 126 cm³/mol. The van der Waals surface area contributed by atoms with Gasteiger partial charge < -0.3 is 15.0 Å². The summed E-state index contributed by atoms with van der Waals surface area (Å²) in [4.78, 5) is 28.5. The monoisotopic (exact) mass is 476 g/mol. The summed E-state index contributed by atoms with van der Waals surface area (Å²) in [5, 5.41) is 2.66. The topological polar surface area (TPSA) is 58.6 Å². The minimum Gasteiger partial charge on any atom is -0.491 e. The van der Waals surface area contributed by atoms with Gasteiger partial charge in [0.25, 0.3) is 0 Å². The van der Waals surface area contributed by atoms with Crippen LogP contribution in [-0.2, 0) is 15.8 Å². The van der Waals surface area contributed by atoms with Gasteiger partial charge in [-0.2, -0.15) is 13.2 Å². The van der Waals surface area contributed by atoms with Crippen LogP contribution in [0.1, 0.15) is 50.8 Å². The van der Waals surface area contributed by atoms with Crippen molar-refractivity contribution in [3.05, 3.63) is 53.1 Å². The summed E-state index contributed by atoms with van der Waals surface area (Å²) in [6, 6.07) is 8.90. The molecule has 2 atom stereocenters. The highest BCUT2D eigenvalue weighted by Crippen LogP contribution is 2.44. The lowest BCUT2D eigenvalue weighted by Gasteiger charge is -2.30. The minimum absolute atomic E-state index is 0.0124. The number of rotatable bonds is 6. The molecule has 0 bridgehead atoms. The van der Waals surface area contributed by atoms with Crippen molar-refractivity contribution in [1.29, 1.82) is 0 Å². The summed E-state index contributed by atoms with van der Waals surface area (Å²) >= 11 is 0. The Morgan fingerprint density at radius 1 is 1.21 bits per heavy atom. The molecule has 0 saturated carbocycles. The van der Waals surface area contributed by atoms with E-state index in [0.717, 1.165) is 28.9 Å². The molecule has 1 saturated heterocycles. The number of benzene rings is 2. The van der Waals surface area contributed by atoms with Gasteiger partial charge in [-0.1, -0.05) is 32.0 Å². The van der Waals surface area contributed by atoms with Gasteiger partial charge in [-0.15, -0.1) is 0 Å². The number of nitrogens with zero attached hydrogens (tertiary/aromatic N) is 1. The fourth-order valence-electron chi connectivity index (χ4n) is 4.67. The smallest absolute Gasteiger partial charge is 0.416 e. The average Bonchev–Trinajstić information content (AvgIpc) is 2.98. The number of hydrogen-bond acceptors (Lipinski definition) is 3. The molecule has 1 aliphatic rings. The largest absolute Gasteiger partial charge is 0.491 e. The highest BCUT2D eigenvalue weighted by Gasteiger charge is 2.54. The lowest BCUT2D eigenvalue weighted by atomic mass is 9.75. The predicted octanol–water partition coefficient (Wildman–Crippen LogP) is 6.13. The molecule has 0 radical (unpaired) electrons. The quantitative estimate of drug-likeness (QED) is 0.546. The molecule has 34 heavy (non-hydrogen) atoms. The molecule has 2 aromatic rings. The van der Waals surface area contributed by atoms with E-state index in [4.69, 9.17) is 4.74 Å². The van der Waals surface area contributed by atoms with Gasteiger partial charge >= 0.3 is 6.18 Å². The van der Waals surface area contributed by atoms with Crippen molar-refractivity contribution in [2.75, 3.05) is 16.8 Å². The second-order valence-corrected chi connectivity index (χ2v) is 9.26. The number of anilines is 2. The zero-order valence-corrected chi connectivity index (χ0v) is 20.3. The first-order valence-corrected chi connectivity index (χ1v) is 11.4. The van der Waals surface area contributed by atoms with Gasteiger partial charge in [0, 0.05) is 24.0 Å². The van der Waals surface area contributed by atoms with Gasteiger partial charge in [0.2, 0.25) is 11.8 Å². The molecule has 0 aliphatic carbocycles. The summed E-state index contributed by atoms with van der Waals surface area (Å²) in [6.45, 7) is 10.9. The Balaban J connectivity index is 1.98. The number of amides is 2. The summed E-state index contributed by atoms with van der Waals surface area (Å²) < 4.78 is 45.9. The molecular weight excluding hydrogens is 445 g/mol. The van der Waals surface area contributed by atoms with E-state index in [2.05, 4.69) is 5.32 Å². The van der Waals surface area contributed by atoms with E-state index < -0.39 is 29.0 Å². The Bertz CT molecular complexity index is 1080. The van der Waals surface area contributed by atoms with Crippen LogP contribution in [0.2, 0.25) is 0 Å². The Hall–Kier alpha value is -3.03. The van der Waals surface area contributed by atoms with Crippen molar-refractivity contribution < 1.29 is 27.5 Å². The zero-order chi connectivity index (χ0) is 25.4. The first-order valence-electron chi connectivity index (χ1n) is 11.4. The number of para-hydroxylation sites is 1. The van der Waals surface area contributed by atoms with E-state index >= 15 is 0 Å². The van der Waals surface area contributed by atoms with Crippen molar-refractivity contribution in [3.63, 3.8) is 0 Å². The summed E-state index contributed by atoms with van der Waals surface area (Å²) in [7, 11) is 0. The van der Waals surface area contributed by atoms with E-state index in [9.17, 15) is 22.8 Å². The Kier molecular flexibility index (Phi) is 7.01. The number of halogens is 3. The number of aryl methyl sites for hydroxylation is 2. The summed E-state index contributed by atoms with van der Waals surface area (Å²) in [5.74, 6) is -1.30. The first-order chi connectivity index (χ1) is 15.8. The minimum atomic E-state index is -4.60. The summed E-state index contributed by atoms with van der Waals surface area (Å²) in [6.07, 6.45) is -4.59. The fraction of sp³-hybridized carbons (Fsp3) is 0.462. The first kappa shape index (κ1) is 25.6. The SMILES string of the molecule is CC[C@@]1(C(=O)Nc2cc(OC(C)C)cc(C(F)(F)F)c2)CN(c2c(C)cccc2C)C(=O)C1C. The molecule has 2 aromatic carbocycles. The van der Waals surface area contributed by atoms with Gasteiger partial charge in [-0.25, -0.2) is 0 Å². The van der Waals surface area contributed by atoms with Crippen LogP contribution in [0.25, 0.3) is 0 Å². The lowest BCUT2D eigenvalue weighted by Crippen LogP contribution is -2.42. The molecule has 1 unspecified atom stereocenters. The number of alkyl halides is 3. The maximum absolute atomic E-state index is 13.6. The standard InChI is InChI=1S/C26H31F3N2O3/c1-7-25(14-31(23(32)18(25)6)22-16(4)9-8-10-17(22)5)24(33)30-20-11-19(26(27,28)29)12-21(13-20)34-15(2)3/h8-13,15,18H,7,14H2,1-6H3,(H,30,33)/t18?,25-/m1/s1. The van der Waals surface area contributed by atoms with Crippen molar-refractivity contribution in [3.8, 4) is 5.75 Å². The molecule has 5 nitrogen and oxygen atoms in total. The van der Waals surface area contributed by atoms with E-state index in [1.807, 2.05) is 39.0 Å². The fourth-order valence-corrected chi connectivity index (χ4v) is 4.67. The van der Waals surface area contributed by atoms with Gasteiger partial charge in [0.15, 0.2) is 0 Å². The van der Waals surface area contributed by atoms with Crippen LogP contribution >= 0.6 is 0 Å². The molecular formula is C26H31F3N2O3. The maximum atomic E-state index is 13.6. The van der Waals surface area contributed by atoms with Gasteiger partial charge in [0.1, 0.15) is 5.75 Å². The van der Waals surface area contributed by atoms with E-state index in [-0.39, 0.29) is 30.0 Å². The van der Waals surface area contributed by atoms with Crippen LogP contribution in [0, 0.1) is 25.2 Å².